The molecule has 0 radical (unpaired) electrons. The molecule has 0 saturated carbocycles. The molecule has 1 saturated heterocycles. The molecule has 5 rings (SSSR count). The van der Waals surface area contributed by atoms with Crippen LogP contribution < -0.4 is 5.32 Å². The normalized spacial score (nSPS) is 40.4. The number of rotatable bonds is 2. The summed E-state index contributed by atoms with van der Waals surface area (Å²) in [7, 11) is 0. The Kier molecular flexibility index (Phi) is 3.75. The number of hydrogen-bond donors (Lipinski definition) is 1. The summed E-state index contributed by atoms with van der Waals surface area (Å²) in [6.45, 7) is 5.82. The van der Waals surface area contributed by atoms with Crippen LogP contribution in [0.25, 0.3) is 0 Å². The van der Waals surface area contributed by atoms with Gasteiger partial charge in [-0.05, 0) is 80.1 Å². The Morgan fingerprint density at radius 3 is 3.00 bits per heavy atom. The molecular weight excluding hydrogens is 376 g/mol. The maximum atomic E-state index is 8.97. The number of nitrogens with one attached hydrogen (secondary N) is 1. The Hall–Kier alpha value is -1.00. The SMILES string of the molecule is [2H]C([2H])([2H])C1=NC2OC3=C([C@H]4CC=C5SC(C)=C(C([2H])([2H])C(C)(C)C)[C@H]5N4)CCCC3C2CC1. The van der Waals surface area contributed by atoms with E-state index in [4.69, 9.17) is 11.6 Å². The predicted molar refractivity (Wildman–Crippen MR) is 123 cm³/mol. The fourth-order valence-corrected chi connectivity index (χ4v) is 6.71. The van der Waals surface area contributed by atoms with Crippen molar-refractivity contribution in [3.63, 3.8) is 0 Å². The lowest BCUT2D eigenvalue weighted by atomic mass is 9.76. The fraction of sp³-hybridized carbons (Fsp3) is 0.720. The summed E-state index contributed by atoms with van der Waals surface area (Å²) in [5.74, 6) is 1.62. The van der Waals surface area contributed by atoms with Gasteiger partial charge >= 0.3 is 0 Å². The minimum Gasteiger partial charge on any atom is -0.472 e. The first-order chi connectivity index (χ1) is 15.8. The zero-order valence-electron chi connectivity index (χ0n) is 23.0. The summed E-state index contributed by atoms with van der Waals surface area (Å²) in [6.07, 6.45) is 5.85. The van der Waals surface area contributed by atoms with E-state index in [2.05, 4.69) is 16.4 Å². The van der Waals surface area contributed by atoms with Gasteiger partial charge in [0.25, 0.3) is 0 Å². The van der Waals surface area contributed by atoms with Crippen molar-refractivity contribution in [1.29, 1.82) is 0 Å². The van der Waals surface area contributed by atoms with Crippen molar-refractivity contribution in [3.8, 4) is 0 Å². The average Bonchev–Trinajstić information content (AvgIpc) is 3.27. The highest BCUT2D eigenvalue weighted by atomic mass is 32.2. The van der Waals surface area contributed by atoms with E-state index in [0.717, 1.165) is 48.3 Å². The Balaban J connectivity index is 1.44. The lowest BCUT2D eigenvalue weighted by Gasteiger charge is -2.35. The van der Waals surface area contributed by atoms with Gasteiger partial charge in [0.1, 0.15) is 5.76 Å². The summed E-state index contributed by atoms with van der Waals surface area (Å²) < 4.78 is 47.6. The van der Waals surface area contributed by atoms with Crippen molar-refractivity contribution in [3.05, 3.63) is 32.8 Å². The topological polar surface area (TPSA) is 33.6 Å². The van der Waals surface area contributed by atoms with Crippen molar-refractivity contribution in [2.45, 2.75) is 97.8 Å². The van der Waals surface area contributed by atoms with Crippen molar-refractivity contribution in [1.82, 2.24) is 5.32 Å². The number of ether oxygens (including phenoxy) is 1. The quantitative estimate of drug-likeness (QED) is 0.569. The van der Waals surface area contributed by atoms with Gasteiger partial charge < -0.3 is 4.74 Å². The van der Waals surface area contributed by atoms with E-state index >= 15 is 0 Å². The van der Waals surface area contributed by atoms with E-state index in [-0.39, 0.29) is 24.2 Å². The number of thioether (sulfide) groups is 1. The van der Waals surface area contributed by atoms with Crippen LogP contribution in [0.3, 0.4) is 0 Å². The fourth-order valence-electron chi connectivity index (χ4n) is 5.60. The van der Waals surface area contributed by atoms with Crippen LogP contribution in [0.15, 0.2) is 37.8 Å². The number of allylic oxidation sites excluding steroid dienone is 2. The van der Waals surface area contributed by atoms with Crippen LogP contribution in [0.4, 0.5) is 0 Å². The summed E-state index contributed by atoms with van der Waals surface area (Å²) in [6, 6.07) is 0.00496. The zero-order valence-corrected chi connectivity index (χ0v) is 18.8. The van der Waals surface area contributed by atoms with Crippen LogP contribution in [0.2, 0.25) is 0 Å². The average molecular weight is 418 g/mol. The van der Waals surface area contributed by atoms with E-state index < -0.39 is 18.6 Å². The van der Waals surface area contributed by atoms with Crippen LogP contribution in [-0.2, 0) is 4.74 Å². The largest absolute Gasteiger partial charge is 0.472 e. The highest BCUT2D eigenvalue weighted by Gasteiger charge is 2.47. The smallest absolute Gasteiger partial charge is 0.192 e. The molecule has 1 aliphatic carbocycles. The minimum atomic E-state index is -2.14. The minimum absolute atomic E-state index is 0.102. The lowest BCUT2D eigenvalue weighted by molar-refractivity contribution is 0.127. The summed E-state index contributed by atoms with van der Waals surface area (Å²) in [5, 5.41) is 3.82. The third-order valence-electron chi connectivity index (χ3n) is 6.82. The monoisotopic (exact) mass is 417 g/mol. The molecule has 0 aromatic rings. The molecular formula is C25H36N2OS. The van der Waals surface area contributed by atoms with Crippen LogP contribution in [-0.4, -0.2) is 24.0 Å². The van der Waals surface area contributed by atoms with E-state index in [1.807, 2.05) is 27.7 Å². The molecule has 29 heavy (non-hydrogen) atoms. The first-order valence-electron chi connectivity index (χ1n) is 13.6. The Bertz CT molecular complexity index is 1000. The Morgan fingerprint density at radius 2 is 2.21 bits per heavy atom. The van der Waals surface area contributed by atoms with Gasteiger partial charge in [-0.15, -0.1) is 0 Å². The van der Waals surface area contributed by atoms with E-state index in [1.165, 1.54) is 10.5 Å². The molecule has 4 aliphatic heterocycles. The van der Waals surface area contributed by atoms with Gasteiger partial charge in [0.2, 0.25) is 0 Å². The Labute approximate surface area is 187 Å². The summed E-state index contributed by atoms with van der Waals surface area (Å²) >= 11 is 1.71. The van der Waals surface area contributed by atoms with Gasteiger partial charge in [-0.1, -0.05) is 38.6 Å². The molecule has 0 spiro atoms. The van der Waals surface area contributed by atoms with Gasteiger partial charge in [0, 0.05) is 35.3 Å². The molecule has 1 fully saturated rings. The molecule has 0 aromatic carbocycles. The molecule has 0 aromatic heterocycles. The van der Waals surface area contributed by atoms with Crippen molar-refractivity contribution >= 4 is 17.5 Å². The standard InChI is InChI=1S/C25H36N2OS/c1-14-9-10-17-16-7-6-8-18(23(16)28-24(17)26-14)20-11-12-21-22(27-20)19(15(2)29-21)13-25(3,4)5/h12,16-17,20,22,24,27H,6-11,13H2,1-5H3/t16?,17?,20-,22-,24?/m1/s1/i1D3,13D2. The molecule has 1 N–H and O–H groups in total. The van der Waals surface area contributed by atoms with Crippen LogP contribution in [0, 0.1) is 17.3 Å². The molecule has 3 nitrogen and oxygen atoms in total. The zero-order chi connectivity index (χ0) is 24.6. The van der Waals surface area contributed by atoms with Crippen LogP contribution in [0.5, 0.6) is 0 Å². The van der Waals surface area contributed by atoms with Gasteiger partial charge in [0.15, 0.2) is 6.23 Å². The number of fused-ring (bicyclic) bond motifs is 4. The van der Waals surface area contributed by atoms with Crippen molar-refractivity contribution < 1.29 is 11.6 Å². The molecule has 4 heteroatoms. The Morgan fingerprint density at radius 1 is 1.34 bits per heavy atom. The van der Waals surface area contributed by atoms with E-state index in [9.17, 15) is 0 Å². The summed E-state index contributed by atoms with van der Waals surface area (Å²) in [4.78, 5) is 6.84. The van der Waals surface area contributed by atoms with Crippen LogP contribution >= 0.6 is 11.8 Å². The molecule has 0 bridgehead atoms. The maximum absolute atomic E-state index is 8.97. The van der Waals surface area contributed by atoms with E-state index in [0.29, 0.717) is 18.1 Å². The second kappa shape index (κ2) is 7.30. The number of nitrogens with zero attached hydrogens (tertiary/aromatic N) is 1. The third-order valence-corrected chi connectivity index (χ3v) is 7.98. The van der Waals surface area contributed by atoms with Gasteiger partial charge in [-0.3, -0.25) is 10.3 Å². The number of hydrogen-bond acceptors (Lipinski definition) is 4. The molecule has 3 unspecified atom stereocenters. The maximum Gasteiger partial charge on any atom is 0.192 e. The molecule has 5 atom stereocenters. The third kappa shape index (κ3) is 3.65. The predicted octanol–water partition coefficient (Wildman–Crippen LogP) is 6.34. The molecule has 4 heterocycles. The molecule has 158 valence electrons. The van der Waals surface area contributed by atoms with Gasteiger partial charge in [0.05, 0.1) is 6.04 Å². The van der Waals surface area contributed by atoms with Crippen molar-refractivity contribution in [2.24, 2.45) is 22.2 Å². The van der Waals surface area contributed by atoms with Gasteiger partial charge in [-0.25, -0.2) is 0 Å². The van der Waals surface area contributed by atoms with E-state index in [1.54, 1.807) is 11.8 Å². The summed E-state index contributed by atoms with van der Waals surface area (Å²) in [5.41, 5.74) is 1.95. The van der Waals surface area contributed by atoms with Crippen molar-refractivity contribution in [2.75, 3.05) is 0 Å². The second-order valence-electron chi connectivity index (χ2n) is 10.1. The highest BCUT2D eigenvalue weighted by molar-refractivity contribution is 8.07. The molecule has 0 amide bonds. The first kappa shape index (κ1) is 14.9. The lowest BCUT2D eigenvalue weighted by Crippen LogP contribution is -2.44. The molecule has 5 aliphatic rings. The highest BCUT2D eigenvalue weighted by Crippen LogP contribution is 2.51. The number of aliphatic imine (C=N–C) groups is 1. The first-order valence-corrected chi connectivity index (χ1v) is 11.9. The van der Waals surface area contributed by atoms with Gasteiger partial charge in [-0.2, -0.15) is 0 Å². The second-order valence-corrected chi connectivity index (χ2v) is 11.4. The van der Waals surface area contributed by atoms with Crippen LogP contribution in [0.1, 0.15) is 86.3 Å².